The number of nitrogens with zero attached hydrogens (tertiary/aromatic N) is 1. The number of imidazole rings is 1. The molecule has 1 aromatic carbocycles. The number of fused-ring (bicyclic) bond motifs is 1. The molecule has 0 bridgehead atoms. The van der Waals surface area contributed by atoms with Crippen LogP contribution in [-0.4, -0.2) is 21.9 Å². The van der Waals surface area contributed by atoms with E-state index in [1.54, 1.807) is 6.33 Å². The Hall–Kier alpha value is -1.84. The van der Waals surface area contributed by atoms with Gasteiger partial charge in [0.25, 0.3) is 5.91 Å². The van der Waals surface area contributed by atoms with Crippen molar-refractivity contribution in [2.75, 3.05) is 0 Å². The largest absolute Gasteiger partial charge is 0.350 e. The van der Waals surface area contributed by atoms with Gasteiger partial charge in [0.1, 0.15) is 0 Å². The van der Waals surface area contributed by atoms with Crippen LogP contribution in [0.4, 0.5) is 0 Å². The van der Waals surface area contributed by atoms with Crippen molar-refractivity contribution in [2.45, 2.75) is 32.2 Å². The second-order valence-corrected chi connectivity index (χ2v) is 5.19. The Morgan fingerprint density at radius 2 is 2.39 bits per heavy atom. The van der Waals surface area contributed by atoms with Crippen molar-refractivity contribution in [3.63, 3.8) is 0 Å². The first-order valence-corrected chi connectivity index (χ1v) is 6.46. The van der Waals surface area contributed by atoms with Crippen molar-refractivity contribution in [3.05, 3.63) is 30.1 Å². The van der Waals surface area contributed by atoms with Crippen molar-refractivity contribution in [1.82, 2.24) is 15.3 Å². The molecule has 1 unspecified atom stereocenters. The monoisotopic (exact) mass is 243 g/mol. The van der Waals surface area contributed by atoms with Crippen LogP contribution in [0.1, 0.15) is 36.5 Å². The number of H-pyrrole nitrogens is 1. The number of carbonyl (C=O) groups is 1. The summed E-state index contributed by atoms with van der Waals surface area (Å²) in [5.41, 5.74) is 2.48. The Morgan fingerprint density at radius 1 is 1.56 bits per heavy atom. The van der Waals surface area contributed by atoms with Gasteiger partial charge < -0.3 is 10.3 Å². The van der Waals surface area contributed by atoms with Gasteiger partial charge in [-0.2, -0.15) is 0 Å². The highest BCUT2D eigenvalue weighted by molar-refractivity contribution is 5.97. The minimum atomic E-state index is -0.000324. The van der Waals surface area contributed by atoms with Gasteiger partial charge in [-0.15, -0.1) is 0 Å². The lowest BCUT2D eigenvalue weighted by molar-refractivity contribution is 0.0937. The molecule has 1 aromatic heterocycles. The van der Waals surface area contributed by atoms with Crippen LogP contribution in [-0.2, 0) is 0 Å². The number of benzene rings is 1. The lowest BCUT2D eigenvalue weighted by atomic mass is 10.1. The van der Waals surface area contributed by atoms with Gasteiger partial charge in [0.2, 0.25) is 0 Å². The number of carbonyl (C=O) groups excluding carboxylic acids is 1. The number of aromatic amines is 1. The molecule has 2 aromatic rings. The molecule has 1 aliphatic rings. The van der Waals surface area contributed by atoms with E-state index in [2.05, 4.69) is 22.2 Å². The van der Waals surface area contributed by atoms with Crippen molar-refractivity contribution in [3.8, 4) is 0 Å². The Kier molecular flexibility index (Phi) is 2.78. The number of hydrogen-bond acceptors (Lipinski definition) is 2. The maximum atomic E-state index is 12.1. The van der Waals surface area contributed by atoms with Crippen molar-refractivity contribution in [2.24, 2.45) is 5.92 Å². The minimum absolute atomic E-state index is 0.000324. The molecule has 2 N–H and O–H groups in total. The molecule has 0 radical (unpaired) electrons. The summed E-state index contributed by atoms with van der Waals surface area (Å²) >= 11 is 0. The number of hydrogen-bond donors (Lipinski definition) is 2. The molecule has 0 spiro atoms. The third-order valence-electron chi connectivity index (χ3n) is 3.44. The van der Waals surface area contributed by atoms with E-state index in [-0.39, 0.29) is 11.9 Å². The molecule has 1 aliphatic carbocycles. The predicted molar refractivity (Wildman–Crippen MR) is 70.4 cm³/mol. The third kappa shape index (κ3) is 2.37. The van der Waals surface area contributed by atoms with E-state index < -0.39 is 0 Å². The fourth-order valence-electron chi connectivity index (χ4n) is 2.30. The summed E-state index contributed by atoms with van der Waals surface area (Å²) in [6, 6.07) is 5.79. The van der Waals surface area contributed by atoms with Gasteiger partial charge in [0, 0.05) is 11.6 Å². The quantitative estimate of drug-likeness (QED) is 0.866. The molecule has 94 valence electrons. The molecule has 4 nitrogen and oxygen atoms in total. The first kappa shape index (κ1) is 11.3. The lowest BCUT2D eigenvalue weighted by Gasteiger charge is -2.13. The fourth-order valence-corrected chi connectivity index (χ4v) is 2.30. The van der Waals surface area contributed by atoms with Gasteiger partial charge in [-0.1, -0.05) is 12.8 Å². The number of rotatable bonds is 4. The molecule has 1 amide bonds. The normalized spacial score (nSPS) is 16.7. The summed E-state index contributed by atoms with van der Waals surface area (Å²) in [6.07, 6.45) is 5.38. The van der Waals surface area contributed by atoms with E-state index >= 15 is 0 Å². The molecule has 1 heterocycles. The number of aromatic nitrogens is 2. The van der Waals surface area contributed by atoms with Crippen LogP contribution < -0.4 is 5.32 Å². The molecule has 4 heteroatoms. The Balaban J connectivity index is 1.70. The van der Waals surface area contributed by atoms with Gasteiger partial charge in [-0.05, 0) is 37.5 Å². The van der Waals surface area contributed by atoms with Crippen LogP contribution in [0.15, 0.2) is 24.5 Å². The summed E-state index contributed by atoms with van der Waals surface area (Å²) < 4.78 is 0. The van der Waals surface area contributed by atoms with Gasteiger partial charge >= 0.3 is 0 Å². The second-order valence-electron chi connectivity index (χ2n) is 5.19. The van der Waals surface area contributed by atoms with Gasteiger partial charge in [-0.3, -0.25) is 4.79 Å². The van der Waals surface area contributed by atoms with E-state index in [0.29, 0.717) is 5.56 Å². The lowest BCUT2D eigenvalue weighted by Crippen LogP contribution is -2.32. The molecule has 0 aliphatic heterocycles. The first-order valence-electron chi connectivity index (χ1n) is 6.46. The topological polar surface area (TPSA) is 57.8 Å². The maximum Gasteiger partial charge on any atom is 0.251 e. The average Bonchev–Trinajstić information content (AvgIpc) is 3.03. The summed E-state index contributed by atoms with van der Waals surface area (Å²) in [4.78, 5) is 19.2. The second kappa shape index (κ2) is 4.44. The highest BCUT2D eigenvalue weighted by Crippen LogP contribution is 2.33. The van der Waals surface area contributed by atoms with Crippen LogP contribution in [0.5, 0.6) is 0 Å². The third-order valence-corrected chi connectivity index (χ3v) is 3.44. The van der Waals surface area contributed by atoms with E-state index in [9.17, 15) is 4.79 Å². The van der Waals surface area contributed by atoms with Crippen molar-refractivity contribution < 1.29 is 4.79 Å². The van der Waals surface area contributed by atoms with Gasteiger partial charge in [0.05, 0.1) is 17.4 Å². The van der Waals surface area contributed by atoms with E-state index in [0.717, 1.165) is 23.4 Å². The minimum Gasteiger partial charge on any atom is -0.350 e. The van der Waals surface area contributed by atoms with Crippen LogP contribution in [0.25, 0.3) is 11.0 Å². The zero-order chi connectivity index (χ0) is 12.5. The zero-order valence-electron chi connectivity index (χ0n) is 10.4. The number of nitrogens with one attached hydrogen (secondary N) is 2. The molecule has 1 saturated carbocycles. The van der Waals surface area contributed by atoms with Gasteiger partial charge in [-0.25, -0.2) is 4.98 Å². The zero-order valence-corrected chi connectivity index (χ0v) is 10.4. The van der Waals surface area contributed by atoms with Crippen molar-refractivity contribution in [1.29, 1.82) is 0 Å². The molecule has 3 rings (SSSR count). The Bertz CT molecular complexity index is 571. The summed E-state index contributed by atoms with van der Waals surface area (Å²) in [5, 5.41) is 3.05. The van der Waals surface area contributed by atoms with E-state index in [4.69, 9.17) is 0 Å². The Morgan fingerprint density at radius 3 is 3.17 bits per heavy atom. The molecule has 1 fully saturated rings. The molecule has 1 atom stereocenters. The summed E-state index contributed by atoms with van der Waals surface area (Å²) in [7, 11) is 0. The highest BCUT2D eigenvalue weighted by atomic mass is 16.1. The molecular formula is C14H17N3O. The standard InChI is InChI=1S/C14H17N3O/c1-9(6-10-2-3-10)17-14(18)11-4-5-12-13(7-11)16-8-15-12/h4-5,7-10H,2-3,6H2,1H3,(H,15,16)(H,17,18). The van der Waals surface area contributed by atoms with E-state index in [1.165, 1.54) is 12.8 Å². The SMILES string of the molecule is CC(CC1CC1)NC(=O)c1ccc2nc[nH]c2c1. The summed E-state index contributed by atoms with van der Waals surface area (Å²) in [5.74, 6) is 0.829. The molecular weight excluding hydrogens is 226 g/mol. The maximum absolute atomic E-state index is 12.1. The first-order chi connectivity index (χ1) is 8.72. The smallest absolute Gasteiger partial charge is 0.251 e. The van der Waals surface area contributed by atoms with Crippen LogP contribution >= 0.6 is 0 Å². The predicted octanol–water partition coefficient (Wildman–Crippen LogP) is 2.48. The highest BCUT2D eigenvalue weighted by Gasteiger charge is 2.24. The fraction of sp³-hybridized carbons (Fsp3) is 0.429. The molecule has 18 heavy (non-hydrogen) atoms. The van der Waals surface area contributed by atoms with Crippen LogP contribution in [0.2, 0.25) is 0 Å². The van der Waals surface area contributed by atoms with Crippen LogP contribution in [0, 0.1) is 5.92 Å². The molecule has 0 saturated heterocycles. The van der Waals surface area contributed by atoms with E-state index in [1.807, 2.05) is 18.2 Å². The summed E-state index contributed by atoms with van der Waals surface area (Å²) in [6.45, 7) is 2.07. The van der Waals surface area contributed by atoms with Crippen molar-refractivity contribution >= 4 is 16.9 Å². The van der Waals surface area contributed by atoms with Gasteiger partial charge in [0.15, 0.2) is 0 Å². The van der Waals surface area contributed by atoms with Crippen LogP contribution in [0.3, 0.4) is 0 Å². The Labute approximate surface area is 106 Å². The number of amides is 1. The average molecular weight is 243 g/mol.